The summed E-state index contributed by atoms with van der Waals surface area (Å²) >= 11 is 0. The van der Waals surface area contributed by atoms with Gasteiger partial charge in [0.1, 0.15) is 5.82 Å². The van der Waals surface area contributed by atoms with Crippen LogP contribution in [0.1, 0.15) is 24.8 Å². The van der Waals surface area contributed by atoms with Crippen LogP contribution in [0, 0.1) is 5.82 Å². The average Bonchev–Trinajstić information content (AvgIpc) is 2.77. The zero-order chi connectivity index (χ0) is 11.7. The quantitative estimate of drug-likeness (QED) is 0.867. The lowest BCUT2D eigenvalue weighted by Crippen LogP contribution is -2.50. The Labute approximate surface area is 101 Å². The van der Waals surface area contributed by atoms with Crippen molar-refractivity contribution >= 4 is 0 Å². The van der Waals surface area contributed by atoms with Gasteiger partial charge in [-0.2, -0.15) is 0 Å². The molecule has 0 saturated carbocycles. The fraction of sp³-hybridized carbons (Fsp3) is 0.571. The van der Waals surface area contributed by atoms with Gasteiger partial charge >= 0.3 is 0 Å². The first kappa shape index (κ1) is 11.2. The molecule has 2 aliphatic heterocycles. The molecule has 1 atom stereocenters. The van der Waals surface area contributed by atoms with E-state index in [1.54, 1.807) is 12.1 Å². The molecular weight excluding hydrogens is 217 g/mol. The molecule has 0 bridgehead atoms. The average molecular weight is 235 g/mol. The van der Waals surface area contributed by atoms with Crippen LogP contribution in [0.2, 0.25) is 0 Å². The smallest absolute Gasteiger partial charge is 0.123 e. The maximum atomic E-state index is 13.0. The van der Waals surface area contributed by atoms with Crippen molar-refractivity contribution in [3.8, 4) is 0 Å². The van der Waals surface area contributed by atoms with E-state index in [0.717, 1.165) is 26.2 Å². The van der Waals surface area contributed by atoms with Gasteiger partial charge in [0.15, 0.2) is 0 Å². The summed E-state index contributed by atoms with van der Waals surface area (Å²) in [7, 11) is 0. The van der Waals surface area contributed by atoms with Crippen molar-refractivity contribution in [1.29, 1.82) is 0 Å². The molecule has 0 amide bonds. The van der Waals surface area contributed by atoms with Crippen molar-refractivity contribution in [1.82, 2.24) is 5.32 Å². The third-order valence-corrected chi connectivity index (χ3v) is 4.01. The molecule has 3 heteroatoms. The van der Waals surface area contributed by atoms with Crippen LogP contribution in [0.4, 0.5) is 4.39 Å². The van der Waals surface area contributed by atoms with Gasteiger partial charge < -0.3 is 10.1 Å². The van der Waals surface area contributed by atoms with Crippen LogP contribution in [0.25, 0.3) is 0 Å². The van der Waals surface area contributed by atoms with Crippen LogP contribution in [-0.4, -0.2) is 25.8 Å². The van der Waals surface area contributed by atoms with Crippen LogP contribution >= 0.6 is 0 Å². The Bertz CT molecular complexity index is 380. The van der Waals surface area contributed by atoms with Crippen molar-refractivity contribution in [3.63, 3.8) is 0 Å². The van der Waals surface area contributed by atoms with E-state index in [0.29, 0.717) is 6.04 Å². The lowest BCUT2D eigenvalue weighted by molar-refractivity contribution is -0.0679. The second-order valence-electron chi connectivity index (χ2n) is 5.28. The number of ether oxygens (including phenoxy) is 1. The predicted octanol–water partition coefficient (Wildman–Crippen LogP) is 2.24. The van der Waals surface area contributed by atoms with Crippen molar-refractivity contribution < 1.29 is 9.13 Å². The summed E-state index contributed by atoms with van der Waals surface area (Å²) in [5.41, 5.74) is 1.34. The monoisotopic (exact) mass is 235 g/mol. The van der Waals surface area contributed by atoms with E-state index in [4.69, 9.17) is 4.74 Å². The first-order chi connectivity index (χ1) is 8.28. The van der Waals surface area contributed by atoms with Crippen LogP contribution in [-0.2, 0) is 10.2 Å². The normalized spacial score (nSPS) is 26.8. The molecule has 2 heterocycles. The highest BCUT2D eigenvalue weighted by molar-refractivity contribution is 5.29. The van der Waals surface area contributed by atoms with Gasteiger partial charge in [-0.25, -0.2) is 4.39 Å². The Balaban J connectivity index is 1.78. The van der Waals surface area contributed by atoms with E-state index in [-0.39, 0.29) is 11.2 Å². The maximum Gasteiger partial charge on any atom is 0.123 e. The summed E-state index contributed by atoms with van der Waals surface area (Å²) in [6.45, 7) is 2.68. The van der Waals surface area contributed by atoms with E-state index in [1.165, 1.54) is 18.4 Å². The highest BCUT2D eigenvalue weighted by atomic mass is 19.1. The molecule has 2 fully saturated rings. The minimum absolute atomic E-state index is 0.121. The molecule has 17 heavy (non-hydrogen) atoms. The van der Waals surface area contributed by atoms with Gasteiger partial charge in [-0.3, -0.25) is 0 Å². The van der Waals surface area contributed by atoms with E-state index in [1.807, 2.05) is 12.1 Å². The summed E-state index contributed by atoms with van der Waals surface area (Å²) in [5, 5.41) is 3.53. The third-order valence-electron chi connectivity index (χ3n) is 4.01. The molecule has 0 spiro atoms. The van der Waals surface area contributed by atoms with Crippen molar-refractivity contribution in [2.75, 3.05) is 19.8 Å². The molecule has 1 unspecified atom stereocenters. The Morgan fingerprint density at radius 3 is 2.59 bits per heavy atom. The number of nitrogens with one attached hydrogen (secondary N) is 1. The molecule has 0 aliphatic carbocycles. The predicted molar refractivity (Wildman–Crippen MR) is 64.5 cm³/mol. The fourth-order valence-electron chi connectivity index (χ4n) is 2.96. The van der Waals surface area contributed by atoms with Gasteiger partial charge in [-0.1, -0.05) is 12.1 Å². The molecule has 2 nitrogen and oxygen atoms in total. The fourth-order valence-corrected chi connectivity index (χ4v) is 2.96. The topological polar surface area (TPSA) is 21.3 Å². The minimum atomic E-state index is -0.164. The lowest BCUT2D eigenvalue weighted by atomic mass is 9.73. The molecule has 2 saturated heterocycles. The van der Waals surface area contributed by atoms with Crippen LogP contribution < -0.4 is 5.32 Å². The van der Waals surface area contributed by atoms with Gasteiger partial charge in [0, 0.05) is 11.5 Å². The third kappa shape index (κ3) is 2.09. The summed E-state index contributed by atoms with van der Waals surface area (Å²) in [6.07, 6.45) is 3.63. The molecular formula is C14H18FNO. The van der Waals surface area contributed by atoms with Crippen molar-refractivity contribution in [2.24, 2.45) is 0 Å². The number of benzene rings is 1. The summed E-state index contributed by atoms with van der Waals surface area (Å²) in [4.78, 5) is 0. The van der Waals surface area contributed by atoms with E-state index in [2.05, 4.69) is 5.32 Å². The molecule has 0 aromatic heterocycles. The van der Waals surface area contributed by atoms with Crippen LogP contribution in [0.5, 0.6) is 0 Å². The molecule has 1 aromatic carbocycles. The summed E-state index contributed by atoms with van der Waals surface area (Å²) in [5.74, 6) is -0.164. The highest BCUT2D eigenvalue weighted by Gasteiger charge is 2.42. The Morgan fingerprint density at radius 1 is 1.29 bits per heavy atom. The van der Waals surface area contributed by atoms with Gasteiger partial charge in [-0.15, -0.1) is 0 Å². The zero-order valence-electron chi connectivity index (χ0n) is 9.92. The zero-order valence-corrected chi connectivity index (χ0v) is 9.92. The Hall–Kier alpha value is -0.930. The van der Waals surface area contributed by atoms with Crippen molar-refractivity contribution in [3.05, 3.63) is 35.6 Å². The first-order valence-electron chi connectivity index (χ1n) is 6.36. The number of hydrogen-bond donors (Lipinski definition) is 1. The Kier molecular flexibility index (Phi) is 2.89. The molecule has 2 aliphatic rings. The lowest BCUT2D eigenvalue weighted by Gasteiger charge is -2.43. The summed E-state index contributed by atoms with van der Waals surface area (Å²) in [6, 6.07) is 7.53. The van der Waals surface area contributed by atoms with Gasteiger partial charge in [0.05, 0.1) is 13.2 Å². The second-order valence-corrected chi connectivity index (χ2v) is 5.28. The number of rotatable bonds is 3. The minimum Gasteiger partial charge on any atom is -0.379 e. The molecule has 3 rings (SSSR count). The van der Waals surface area contributed by atoms with Gasteiger partial charge in [0.25, 0.3) is 0 Å². The molecule has 0 radical (unpaired) electrons. The molecule has 92 valence electrons. The standard InChI is InChI=1S/C14H18FNO/c15-12-5-3-11(4-6-12)14(9-17-10-14)8-13-2-1-7-16-13/h3-6,13,16H,1-2,7-10H2. The van der Waals surface area contributed by atoms with Crippen LogP contribution in [0.3, 0.4) is 0 Å². The number of hydrogen-bond acceptors (Lipinski definition) is 2. The van der Waals surface area contributed by atoms with E-state index < -0.39 is 0 Å². The van der Waals surface area contributed by atoms with Gasteiger partial charge in [0.2, 0.25) is 0 Å². The summed E-state index contributed by atoms with van der Waals surface area (Å²) < 4.78 is 18.4. The maximum absolute atomic E-state index is 13.0. The van der Waals surface area contributed by atoms with Crippen molar-refractivity contribution in [2.45, 2.75) is 30.7 Å². The second kappa shape index (κ2) is 4.39. The molecule has 1 N–H and O–H groups in total. The Morgan fingerprint density at radius 2 is 2.06 bits per heavy atom. The molecule has 1 aromatic rings. The van der Waals surface area contributed by atoms with Crippen LogP contribution in [0.15, 0.2) is 24.3 Å². The first-order valence-corrected chi connectivity index (χ1v) is 6.36. The number of halogens is 1. The van der Waals surface area contributed by atoms with E-state index in [9.17, 15) is 4.39 Å². The largest absolute Gasteiger partial charge is 0.379 e. The highest BCUT2D eigenvalue weighted by Crippen LogP contribution is 2.38. The van der Waals surface area contributed by atoms with Gasteiger partial charge in [-0.05, 0) is 43.5 Å². The SMILES string of the molecule is Fc1ccc(C2(CC3CCCN3)COC2)cc1. The van der Waals surface area contributed by atoms with E-state index >= 15 is 0 Å².